The summed E-state index contributed by atoms with van der Waals surface area (Å²) in [6.45, 7) is 3.34. The van der Waals surface area contributed by atoms with Crippen molar-refractivity contribution in [2.45, 2.75) is 50.9 Å². The Morgan fingerprint density at radius 1 is 0.623 bits per heavy atom. The van der Waals surface area contributed by atoms with Crippen LogP contribution >= 0.6 is 0 Å². The molecule has 0 radical (unpaired) electrons. The Labute approximate surface area is 310 Å². The molecular formula is C42H46N4O7. The molecule has 0 saturated heterocycles. The maximum Gasteiger partial charge on any atom is 0.252 e. The Hall–Kier alpha value is -5.44. The predicted octanol–water partition coefficient (Wildman–Crippen LogP) is 5.71. The Bertz CT molecular complexity index is 2110. The molecule has 0 aliphatic carbocycles. The Kier molecular flexibility index (Phi) is 10.1. The van der Waals surface area contributed by atoms with Gasteiger partial charge in [-0.25, -0.2) is 0 Å². The second kappa shape index (κ2) is 14.9. The molecule has 4 heterocycles. The standard InChI is InChI=1S/C21H24N2O4.C21H22N2O3/c1-25-17-5-4-12-8-16-14-10-19(27-3)18(26-2)9-13(14)6-7-23(16)11-15(12)20(17)21(22)24;1-24-19-5-4-13-8-18-15-10-21(26-3)20(25-2)9-14(15)6-7-23(18)12-17(13)16(19)11-22/h4-5,9-10,16H,6-8,11H2,1-3H3,(H2,22,24);4-5,9-10,18H,6-8,12H2,1-3H3/t16-;18-/m00/s1. The first kappa shape index (κ1) is 35.9. The topological polar surface area (TPSA) is 129 Å². The molecule has 4 aromatic carbocycles. The average molecular weight is 719 g/mol. The van der Waals surface area contributed by atoms with Gasteiger partial charge in [0.15, 0.2) is 23.0 Å². The molecule has 4 aromatic rings. The molecule has 0 saturated carbocycles. The normalized spacial score (nSPS) is 18.1. The lowest BCUT2D eigenvalue weighted by Gasteiger charge is -2.42. The maximum absolute atomic E-state index is 12.1. The SMILES string of the molecule is COc1cc2c(cc1OC)[C@@H]1Cc3ccc(OC)c(C#N)c3CN1CC2.COc1cc2c(cc1OC)[C@@H]1Cc3ccc(OC)c(C(N)=O)c3CN1CC2. The van der Waals surface area contributed by atoms with Crippen LogP contribution < -0.4 is 34.2 Å². The minimum atomic E-state index is -0.439. The molecule has 0 fully saturated rings. The molecule has 2 N–H and O–H groups in total. The number of benzene rings is 4. The molecule has 0 spiro atoms. The van der Waals surface area contributed by atoms with Gasteiger partial charge in [-0.15, -0.1) is 0 Å². The van der Waals surface area contributed by atoms with Crippen molar-refractivity contribution in [3.8, 4) is 40.6 Å². The third-order valence-corrected chi connectivity index (χ3v) is 11.3. The number of hydrogen-bond acceptors (Lipinski definition) is 10. The van der Waals surface area contributed by atoms with Crippen LogP contribution in [0.15, 0.2) is 48.5 Å². The first-order chi connectivity index (χ1) is 25.8. The highest BCUT2D eigenvalue weighted by Crippen LogP contribution is 2.45. The summed E-state index contributed by atoms with van der Waals surface area (Å²) in [4.78, 5) is 16.9. The van der Waals surface area contributed by atoms with Gasteiger partial charge in [0, 0.05) is 38.3 Å². The van der Waals surface area contributed by atoms with Crippen LogP contribution in [0.5, 0.6) is 34.5 Å². The van der Waals surface area contributed by atoms with Crippen LogP contribution in [-0.4, -0.2) is 71.5 Å². The zero-order chi connectivity index (χ0) is 37.4. The van der Waals surface area contributed by atoms with Gasteiger partial charge in [-0.05, 0) is 107 Å². The molecule has 53 heavy (non-hydrogen) atoms. The van der Waals surface area contributed by atoms with E-state index in [0.29, 0.717) is 35.2 Å². The van der Waals surface area contributed by atoms with Crippen molar-refractivity contribution in [2.75, 3.05) is 55.7 Å². The maximum atomic E-state index is 12.1. The van der Waals surface area contributed by atoms with Crippen molar-refractivity contribution < 1.29 is 33.2 Å². The van der Waals surface area contributed by atoms with E-state index in [1.165, 1.54) is 27.8 Å². The fraction of sp³-hybridized carbons (Fsp3) is 0.381. The van der Waals surface area contributed by atoms with Crippen LogP contribution in [-0.2, 0) is 38.8 Å². The van der Waals surface area contributed by atoms with Crippen molar-refractivity contribution in [2.24, 2.45) is 5.73 Å². The molecule has 2 atom stereocenters. The molecule has 0 unspecified atom stereocenters. The van der Waals surface area contributed by atoms with Gasteiger partial charge in [0.1, 0.15) is 17.6 Å². The fourth-order valence-electron chi connectivity index (χ4n) is 8.66. The molecule has 11 nitrogen and oxygen atoms in total. The van der Waals surface area contributed by atoms with Crippen LogP contribution in [0, 0.1) is 11.3 Å². The number of ether oxygens (including phenoxy) is 6. The highest BCUT2D eigenvalue weighted by molar-refractivity contribution is 5.97. The van der Waals surface area contributed by atoms with E-state index in [2.05, 4.69) is 46.2 Å². The number of hydrogen-bond donors (Lipinski definition) is 1. The molecular weight excluding hydrogens is 672 g/mol. The van der Waals surface area contributed by atoms with Gasteiger partial charge in [-0.3, -0.25) is 14.6 Å². The van der Waals surface area contributed by atoms with Crippen molar-refractivity contribution in [3.05, 3.63) is 104 Å². The Morgan fingerprint density at radius 2 is 1.06 bits per heavy atom. The van der Waals surface area contributed by atoms with E-state index in [1.807, 2.05) is 18.2 Å². The minimum Gasteiger partial charge on any atom is -0.496 e. The number of rotatable bonds is 7. The van der Waals surface area contributed by atoms with Gasteiger partial charge in [-0.1, -0.05) is 12.1 Å². The van der Waals surface area contributed by atoms with Gasteiger partial charge in [-0.2, -0.15) is 5.26 Å². The van der Waals surface area contributed by atoms with Crippen molar-refractivity contribution in [1.82, 2.24) is 9.80 Å². The number of amides is 1. The number of carbonyl (C=O) groups excluding carboxylic acids is 1. The first-order valence-corrected chi connectivity index (χ1v) is 17.8. The summed E-state index contributed by atoms with van der Waals surface area (Å²) >= 11 is 0. The summed E-state index contributed by atoms with van der Waals surface area (Å²) in [6, 6.07) is 19.2. The second-order valence-electron chi connectivity index (χ2n) is 13.7. The van der Waals surface area contributed by atoms with E-state index >= 15 is 0 Å². The third kappa shape index (κ3) is 6.36. The Morgan fingerprint density at radius 3 is 1.51 bits per heavy atom. The highest BCUT2D eigenvalue weighted by Gasteiger charge is 2.36. The van der Waals surface area contributed by atoms with E-state index in [1.54, 1.807) is 42.7 Å². The lowest BCUT2D eigenvalue weighted by molar-refractivity contribution is 0.0991. The van der Waals surface area contributed by atoms with Crippen LogP contribution in [0.1, 0.15) is 72.5 Å². The van der Waals surface area contributed by atoms with Crippen LogP contribution in [0.2, 0.25) is 0 Å². The second-order valence-corrected chi connectivity index (χ2v) is 13.7. The van der Waals surface area contributed by atoms with E-state index in [-0.39, 0.29) is 6.04 Å². The molecule has 8 rings (SSSR count). The van der Waals surface area contributed by atoms with Crippen molar-refractivity contribution in [1.29, 1.82) is 5.26 Å². The molecule has 4 aliphatic heterocycles. The lowest BCUT2D eigenvalue weighted by atomic mass is 9.82. The average Bonchev–Trinajstić information content (AvgIpc) is 3.20. The minimum absolute atomic E-state index is 0.246. The van der Waals surface area contributed by atoms with E-state index < -0.39 is 5.91 Å². The molecule has 11 heteroatoms. The number of nitrogens with zero attached hydrogens (tertiary/aromatic N) is 3. The summed E-state index contributed by atoms with van der Waals surface area (Å²) in [6.07, 6.45) is 3.60. The van der Waals surface area contributed by atoms with Crippen LogP contribution in [0.3, 0.4) is 0 Å². The van der Waals surface area contributed by atoms with Gasteiger partial charge in [0.25, 0.3) is 5.91 Å². The summed E-state index contributed by atoms with van der Waals surface area (Å²) in [5.74, 6) is 3.83. The van der Waals surface area contributed by atoms with Gasteiger partial charge in [0.2, 0.25) is 0 Å². The molecule has 276 valence electrons. The van der Waals surface area contributed by atoms with Crippen LogP contribution in [0.4, 0.5) is 0 Å². The smallest absolute Gasteiger partial charge is 0.252 e. The van der Waals surface area contributed by atoms with Gasteiger partial charge in [0.05, 0.1) is 53.8 Å². The highest BCUT2D eigenvalue weighted by atomic mass is 16.5. The fourth-order valence-corrected chi connectivity index (χ4v) is 8.66. The predicted molar refractivity (Wildman–Crippen MR) is 199 cm³/mol. The van der Waals surface area contributed by atoms with Crippen molar-refractivity contribution in [3.63, 3.8) is 0 Å². The van der Waals surface area contributed by atoms with Gasteiger partial charge < -0.3 is 34.2 Å². The molecule has 4 aliphatic rings. The zero-order valence-corrected chi connectivity index (χ0v) is 31.2. The van der Waals surface area contributed by atoms with Gasteiger partial charge >= 0.3 is 0 Å². The van der Waals surface area contributed by atoms with Crippen LogP contribution in [0.25, 0.3) is 0 Å². The largest absolute Gasteiger partial charge is 0.496 e. The quantitative estimate of drug-likeness (QED) is 0.254. The number of nitrogens with two attached hydrogens (primary N) is 1. The third-order valence-electron chi connectivity index (χ3n) is 11.3. The van der Waals surface area contributed by atoms with Crippen molar-refractivity contribution >= 4 is 5.91 Å². The summed E-state index contributed by atoms with van der Waals surface area (Å²) < 4.78 is 32.7. The summed E-state index contributed by atoms with van der Waals surface area (Å²) in [7, 11) is 9.85. The lowest BCUT2D eigenvalue weighted by Crippen LogP contribution is -2.40. The monoisotopic (exact) mass is 718 g/mol. The molecule has 1 amide bonds. The summed E-state index contributed by atoms with van der Waals surface area (Å²) in [5, 5.41) is 9.61. The first-order valence-electron chi connectivity index (χ1n) is 17.8. The number of carbonyl (C=O) groups is 1. The zero-order valence-electron chi connectivity index (χ0n) is 31.2. The molecule has 0 aromatic heterocycles. The van der Waals surface area contributed by atoms with E-state index in [4.69, 9.17) is 34.2 Å². The number of nitriles is 1. The number of methoxy groups -OCH3 is 6. The Balaban J connectivity index is 0.000000164. The van der Waals surface area contributed by atoms with E-state index in [9.17, 15) is 10.1 Å². The number of fused-ring (bicyclic) bond motifs is 8. The summed E-state index contributed by atoms with van der Waals surface area (Å²) in [5.41, 5.74) is 16.5. The van der Waals surface area contributed by atoms with E-state index in [0.717, 1.165) is 85.0 Å². The number of primary amides is 1. The molecule has 0 bridgehead atoms.